The van der Waals surface area contributed by atoms with Crippen molar-refractivity contribution in [1.82, 2.24) is 4.98 Å². The SMILES string of the molecule is CCOC(=O)N(C)c1ccc(-c2ccc(C(=O)CCc3cccnc3Cl)cc2)cc1. The lowest BCUT2D eigenvalue weighted by Gasteiger charge is -2.16. The number of pyridine rings is 1. The molecule has 0 saturated carbocycles. The molecule has 0 atom stereocenters. The lowest BCUT2D eigenvalue weighted by molar-refractivity contribution is 0.0982. The summed E-state index contributed by atoms with van der Waals surface area (Å²) in [6, 6.07) is 18.8. The molecule has 0 aliphatic carbocycles. The Morgan fingerprint density at radius 3 is 2.23 bits per heavy atom. The summed E-state index contributed by atoms with van der Waals surface area (Å²) in [5.41, 5.74) is 4.27. The number of hydrogen-bond donors (Lipinski definition) is 0. The average molecular weight is 423 g/mol. The molecular formula is C24H23ClN2O3. The van der Waals surface area contributed by atoms with Crippen LogP contribution in [0.25, 0.3) is 11.1 Å². The monoisotopic (exact) mass is 422 g/mol. The summed E-state index contributed by atoms with van der Waals surface area (Å²) in [4.78, 5) is 29.8. The Morgan fingerprint density at radius 2 is 1.63 bits per heavy atom. The van der Waals surface area contributed by atoms with Gasteiger partial charge < -0.3 is 4.74 Å². The third-order valence-corrected chi connectivity index (χ3v) is 5.13. The average Bonchev–Trinajstić information content (AvgIpc) is 2.78. The van der Waals surface area contributed by atoms with E-state index in [9.17, 15) is 9.59 Å². The van der Waals surface area contributed by atoms with E-state index in [0.717, 1.165) is 22.4 Å². The minimum atomic E-state index is -0.388. The largest absolute Gasteiger partial charge is 0.449 e. The minimum absolute atomic E-state index is 0.0629. The number of aryl methyl sites for hydroxylation is 1. The summed E-state index contributed by atoms with van der Waals surface area (Å²) in [5, 5.41) is 0.442. The van der Waals surface area contributed by atoms with Crippen LogP contribution < -0.4 is 4.90 Å². The third kappa shape index (κ3) is 5.24. The van der Waals surface area contributed by atoms with Crippen molar-refractivity contribution in [3.05, 3.63) is 83.1 Å². The number of carbonyl (C=O) groups excluding carboxylic acids is 2. The van der Waals surface area contributed by atoms with Crippen molar-refractivity contribution in [3.63, 3.8) is 0 Å². The molecule has 0 saturated heterocycles. The molecule has 154 valence electrons. The minimum Gasteiger partial charge on any atom is -0.449 e. The fraction of sp³-hybridized carbons (Fsp3) is 0.208. The summed E-state index contributed by atoms with van der Waals surface area (Å²) in [7, 11) is 1.67. The second-order valence-electron chi connectivity index (χ2n) is 6.76. The predicted molar refractivity (Wildman–Crippen MR) is 119 cm³/mol. The Labute approximate surface area is 181 Å². The zero-order chi connectivity index (χ0) is 21.5. The summed E-state index contributed by atoms with van der Waals surface area (Å²) >= 11 is 6.05. The van der Waals surface area contributed by atoms with E-state index in [0.29, 0.717) is 30.2 Å². The normalized spacial score (nSPS) is 10.5. The zero-order valence-corrected chi connectivity index (χ0v) is 17.7. The molecule has 0 aliphatic rings. The first-order valence-corrected chi connectivity index (χ1v) is 10.1. The van der Waals surface area contributed by atoms with Crippen molar-refractivity contribution < 1.29 is 14.3 Å². The molecule has 5 nitrogen and oxygen atoms in total. The Morgan fingerprint density at radius 1 is 1.00 bits per heavy atom. The number of halogens is 1. The van der Waals surface area contributed by atoms with Crippen molar-refractivity contribution in [3.8, 4) is 11.1 Å². The van der Waals surface area contributed by atoms with Crippen LogP contribution in [0.3, 0.4) is 0 Å². The highest BCUT2D eigenvalue weighted by Crippen LogP contribution is 2.24. The van der Waals surface area contributed by atoms with Gasteiger partial charge in [-0.15, -0.1) is 0 Å². The van der Waals surface area contributed by atoms with Gasteiger partial charge in [0.2, 0.25) is 0 Å². The van der Waals surface area contributed by atoms with E-state index in [2.05, 4.69) is 4.98 Å². The molecular weight excluding hydrogens is 400 g/mol. The van der Waals surface area contributed by atoms with Crippen LogP contribution in [0.4, 0.5) is 10.5 Å². The van der Waals surface area contributed by atoms with Gasteiger partial charge >= 0.3 is 6.09 Å². The number of ether oxygens (including phenoxy) is 1. The number of hydrogen-bond acceptors (Lipinski definition) is 4. The number of anilines is 1. The number of amides is 1. The number of rotatable bonds is 7. The number of Topliss-reactive ketones (excluding diaryl/α,β-unsaturated/α-hetero) is 1. The highest BCUT2D eigenvalue weighted by molar-refractivity contribution is 6.30. The zero-order valence-electron chi connectivity index (χ0n) is 17.0. The molecule has 0 aliphatic heterocycles. The standard InChI is InChI=1S/C24H23ClN2O3/c1-3-30-24(29)27(2)21-13-10-18(11-14-21)17-6-8-19(9-7-17)22(28)15-12-20-5-4-16-26-23(20)25/h4-11,13-14,16H,3,12,15H2,1-2H3. The van der Waals surface area contributed by atoms with Gasteiger partial charge in [-0.2, -0.15) is 0 Å². The van der Waals surface area contributed by atoms with Gasteiger partial charge in [-0.1, -0.05) is 54.1 Å². The Kier molecular flexibility index (Phi) is 7.20. The molecule has 0 unspecified atom stereocenters. The smallest absolute Gasteiger partial charge is 0.413 e. The highest BCUT2D eigenvalue weighted by atomic mass is 35.5. The first-order chi connectivity index (χ1) is 14.5. The van der Waals surface area contributed by atoms with E-state index < -0.39 is 0 Å². The van der Waals surface area contributed by atoms with Gasteiger partial charge in [0.05, 0.1) is 6.61 Å². The van der Waals surface area contributed by atoms with Gasteiger partial charge in [0.25, 0.3) is 0 Å². The first-order valence-electron chi connectivity index (χ1n) is 9.73. The number of ketones is 1. The molecule has 0 bridgehead atoms. The number of aromatic nitrogens is 1. The van der Waals surface area contributed by atoms with Crippen molar-refractivity contribution in [2.45, 2.75) is 19.8 Å². The van der Waals surface area contributed by atoms with Crippen LogP contribution in [0.1, 0.15) is 29.3 Å². The molecule has 1 aromatic heterocycles. The maximum absolute atomic E-state index is 12.5. The summed E-state index contributed by atoms with van der Waals surface area (Å²) in [6.07, 6.45) is 2.18. The van der Waals surface area contributed by atoms with Crippen LogP contribution in [-0.4, -0.2) is 30.5 Å². The molecule has 1 heterocycles. The highest BCUT2D eigenvalue weighted by Gasteiger charge is 2.12. The van der Waals surface area contributed by atoms with Gasteiger partial charge in [0.1, 0.15) is 5.15 Å². The van der Waals surface area contributed by atoms with Crippen molar-refractivity contribution in [1.29, 1.82) is 0 Å². The second kappa shape index (κ2) is 10.0. The van der Waals surface area contributed by atoms with E-state index in [1.165, 1.54) is 4.90 Å². The van der Waals surface area contributed by atoms with E-state index in [1.807, 2.05) is 60.7 Å². The topological polar surface area (TPSA) is 59.5 Å². The summed E-state index contributed by atoms with van der Waals surface area (Å²) in [6.45, 7) is 2.11. The summed E-state index contributed by atoms with van der Waals surface area (Å²) in [5.74, 6) is 0.0629. The fourth-order valence-electron chi connectivity index (χ4n) is 3.05. The molecule has 0 spiro atoms. The Bertz CT molecular complexity index is 1020. The van der Waals surface area contributed by atoms with Gasteiger partial charge in [0, 0.05) is 30.9 Å². The number of carbonyl (C=O) groups is 2. The summed E-state index contributed by atoms with van der Waals surface area (Å²) < 4.78 is 5.01. The van der Waals surface area contributed by atoms with Crippen LogP contribution in [0.2, 0.25) is 5.15 Å². The maximum Gasteiger partial charge on any atom is 0.413 e. The molecule has 0 radical (unpaired) electrons. The molecule has 30 heavy (non-hydrogen) atoms. The van der Waals surface area contributed by atoms with E-state index >= 15 is 0 Å². The van der Waals surface area contributed by atoms with Crippen LogP contribution in [0, 0.1) is 0 Å². The van der Waals surface area contributed by atoms with E-state index in [1.54, 1.807) is 20.2 Å². The lowest BCUT2D eigenvalue weighted by atomic mass is 9.99. The molecule has 2 aromatic carbocycles. The quantitative estimate of drug-likeness (QED) is 0.356. The fourth-order valence-corrected chi connectivity index (χ4v) is 3.26. The second-order valence-corrected chi connectivity index (χ2v) is 7.12. The van der Waals surface area contributed by atoms with Gasteiger partial charge in [-0.25, -0.2) is 9.78 Å². The number of benzene rings is 2. The predicted octanol–water partition coefficient (Wildman–Crippen LogP) is 5.81. The number of nitrogens with zero attached hydrogens (tertiary/aromatic N) is 2. The van der Waals surface area contributed by atoms with Crippen LogP contribution in [-0.2, 0) is 11.2 Å². The van der Waals surface area contributed by atoms with Gasteiger partial charge in [0.15, 0.2) is 5.78 Å². The van der Waals surface area contributed by atoms with Crippen molar-refractivity contribution >= 4 is 29.2 Å². The van der Waals surface area contributed by atoms with E-state index in [-0.39, 0.29) is 11.9 Å². The molecule has 3 aromatic rings. The van der Waals surface area contributed by atoms with Gasteiger partial charge in [-0.05, 0) is 48.2 Å². The van der Waals surface area contributed by atoms with Gasteiger partial charge in [-0.3, -0.25) is 9.69 Å². The Balaban J connectivity index is 1.64. The molecule has 0 N–H and O–H groups in total. The lowest BCUT2D eigenvalue weighted by Crippen LogP contribution is -2.26. The maximum atomic E-state index is 12.5. The van der Waals surface area contributed by atoms with Crippen LogP contribution in [0.15, 0.2) is 66.9 Å². The van der Waals surface area contributed by atoms with E-state index in [4.69, 9.17) is 16.3 Å². The first kappa shape index (κ1) is 21.5. The molecule has 0 fully saturated rings. The van der Waals surface area contributed by atoms with Crippen molar-refractivity contribution in [2.75, 3.05) is 18.6 Å². The molecule has 3 rings (SSSR count). The Hall–Kier alpha value is -3.18. The van der Waals surface area contributed by atoms with Crippen molar-refractivity contribution in [2.24, 2.45) is 0 Å². The third-order valence-electron chi connectivity index (χ3n) is 4.79. The molecule has 1 amide bonds. The van der Waals surface area contributed by atoms with Crippen LogP contribution >= 0.6 is 11.6 Å². The molecule has 6 heteroatoms. The van der Waals surface area contributed by atoms with Crippen LogP contribution in [0.5, 0.6) is 0 Å².